The summed E-state index contributed by atoms with van der Waals surface area (Å²) < 4.78 is 44.6. The van der Waals surface area contributed by atoms with Gasteiger partial charge in [0.05, 0.1) is 18.9 Å². The van der Waals surface area contributed by atoms with Crippen LogP contribution in [-0.2, 0) is 12.7 Å². The molecule has 1 aliphatic rings. The van der Waals surface area contributed by atoms with Gasteiger partial charge in [0.25, 0.3) is 0 Å². The van der Waals surface area contributed by atoms with Crippen molar-refractivity contribution in [2.24, 2.45) is 0 Å². The van der Waals surface area contributed by atoms with Crippen molar-refractivity contribution < 1.29 is 23.0 Å². The van der Waals surface area contributed by atoms with Crippen molar-refractivity contribution in [2.75, 3.05) is 20.2 Å². The van der Waals surface area contributed by atoms with Crippen LogP contribution in [0.4, 0.5) is 13.2 Å². The predicted molar refractivity (Wildman–Crippen MR) is 111 cm³/mol. The third-order valence-electron chi connectivity index (χ3n) is 5.73. The number of ether oxygens (including phenoxy) is 1. The number of piperidine rings is 1. The van der Waals surface area contributed by atoms with E-state index in [-0.39, 0.29) is 11.7 Å². The second kappa shape index (κ2) is 8.63. The number of halogens is 3. The lowest BCUT2D eigenvalue weighted by atomic mass is 9.90. The monoisotopic (exact) mass is 431 g/mol. The number of methoxy groups -OCH3 is 1. The number of aromatic amines is 1. The zero-order valence-electron chi connectivity index (χ0n) is 17.1. The largest absolute Gasteiger partial charge is 0.504 e. The van der Waals surface area contributed by atoms with Crippen molar-refractivity contribution in [1.29, 1.82) is 0 Å². The SMILES string of the molecule is COc1cc(CN2CCCC(c3[nH]ncc3-c3cccc(C(F)(F)F)c3)C2)ccc1O. The van der Waals surface area contributed by atoms with Crippen molar-refractivity contribution in [3.8, 4) is 22.6 Å². The number of nitrogens with one attached hydrogen (secondary N) is 1. The quantitative estimate of drug-likeness (QED) is 0.584. The summed E-state index contributed by atoms with van der Waals surface area (Å²) in [6.07, 6.45) is -0.869. The van der Waals surface area contributed by atoms with E-state index in [1.807, 2.05) is 12.1 Å². The molecule has 31 heavy (non-hydrogen) atoms. The Balaban J connectivity index is 1.53. The zero-order valence-corrected chi connectivity index (χ0v) is 17.1. The number of aromatic nitrogens is 2. The van der Waals surface area contributed by atoms with Gasteiger partial charge in [-0.2, -0.15) is 18.3 Å². The number of nitrogens with zero attached hydrogens (tertiary/aromatic N) is 2. The molecule has 0 amide bonds. The Hall–Kier alpha value is -3.00. The molecule has 8 heteroatoms. The molecule has 1 aromatic heterocycles. The highest BCUT2D eigenvalue weighted by molar-refractivity contribution is 5.66. The molecule has 1 saturated heterocycles. The lowest BCUT2D eigenvalue weighted by molar-refractivity contribution is -0.137. The maximum atomic E-state index is 13.1. The van der Waals surface area contributed by atoms with Gasteiger partial charge in [0.15, 0.2) is 11.5 Å². The highest BCUT2D eigenvalue weighted by Crippen LogP contribution is 2.36. The summed E-state index contributed by atoms with van der Waals surface area (Å²) in [5.41, 5.74) is 2.46. The lowest BCUT2D eigenvalue weighted by Gasteiger charge is -2.32. The highest BCUT2D eigenvalue weighted by Gasteiger charge is 2.31. The van der Waals surface area contributed by atoms with E-state index in [4.69, 9.17) is 4.74 Å². The minimum Gasteiger partial charge on any atom is -0.504 e. The number of hydrogen-bond donors (Lipinski definition) is 2. The third kappa shape index (κ3) is 4.69. The number of rotatable bonds is 5. The van der Waals surface area contributed by atoms with E-state index in [2.05, 4.69) is 15.1 Å². The standard InChI is InChI=1S/C23H24F3N3O2/c1-31-21-10-15(7-8-20(21)30)13-29-9-3-5-17(14-29)22-19(12-27-28-22)16-4-2-6-18(11-16)23(24,25)26/h2,4,6-8,10-12,17,30H,3,5,9,13-14H2,1H3,(H,27,28). The van der Waals surface area contributed by atoms with Gasteiger partial charge < -0.3 is 9.84 Å². The Morgan fingerprint density at radius 1 is 1.23 bits per heavy atom. The lowest BCUT2D eigenvalue weighted by Crippen LogP contribution is -2.34. The second-order valence-electron chi connectivity index (χ2n) is 7.86. The smallest absolute Gasteiger partial charge is 0.416 e. The molecule has 0 bridgehead atoms. The molecule has 3 aromatic rings. The zero-order chi connectivity index (χ0) is 22.0. The molecule has 1 fully saturated rings. The summed E-state index contributed by atoms with van der Waals surface area (Å²) in [4.78, 5) is 2.30. The Labute approximate surface area is 178 Å². The molecule has 1 unspecified atom stereocenters. The number of phenols is 1. The number of H-pyrrole nitrogens is 1. The fraction of sp³-hybridized carbons (Fsp3) is 0.348. The van der Waals surface area contributed by atoms with Crippen LogP contribution in [0.1, 0.15) is 35.6 Å². The molecule has 2 N–H and O–H groups in total. The molecule has 0 spiro atoms. The number of phenolic OH excluding ortho intramolecular Hbond substituents is 1. The van der Waals surface area contributed by atoms with Gasteiger partial charge in [-0.05, 0) is 54.8 Å². The van der Waals surface area contributed by atoms with Crippen LogP contribution in [0.15, 0.2) is 48.7 Å². The predicted octanol–water partition coefficient (Wildman–Crippen LogP) is 5.19. The average Bonchev–Trinajstić information content (AvgIpc) is 3.25. The number of aromatic hydroxyl groups is 1. The maximum absolute atomic E-state index is 13.1. The molecule has 2 aromatic carbocycles. The first-order chi connectivity index (χ1) is 14.8. The van der Waals surface area contributed by atoms with Gasteiger partial charge in [-0.3, -0.25) is 10.00 Å². The van der Waals surface area contributed by atoms with E-state index in [1.54, 1.807) is 18.3 Å². The Morgan fingerprint density at radius 3 is 2.84 bits per heavy atom. The average molecular weight is 431 g/mol. The molecule has 2 heterocycles. The van der Waals surface area contributed by atoms with Gasteiger partial charge in [-0.1, -0.05) is 18.2 Å². The topological polar surface area (TPSA) is 61.4 Å². The molecule has 0 saturated carbocycles. The molecular formula is C23H24F3N3O2. The molecule has 4 rings (SSSR count). The molecule has 1 atom stereocenters. The fourth-order valence-electron chi connectivity index (χ4n) is 4.21. The van der Waals surface area contributed by atoms with Crippen molar-refractivity contribution in [2.45, 2.75) is 31.5 Å². The number of likely N-dealkylation sites (tertiary alicyclic amines) is 1. The van der Waals surface area contributed by atoms with Gasteiger partial charge in [0.1, 0.15) is 0 Å². The van der Waals surface area contributed by atoms with E-state index >= 15 is 0 Å². The van der Waals surface area contributed by atoms with Crippen LogP contribution in [0.3, 0.4) is 0 Å². The van der Waals surface area contributed by atoms with E-state index < -0.39 is 11.7 Å². The van der Waals surface area contributed by atoms with Crippen LogP contribution >= 0.6 is 0 Å². The van der Waals surface area contributed by atoms with Crippen LogP contribution in [-0.4, -0.2) is 40.4 Å². The Kier molecular flexibility index (Phi) is 5.91. The van der Waals surface area contributed by atoms with Crippen LogP contribution in [0.25, 0.3) is 11.1 Å². The Bertz CT molecular complexity index is 1050. The molecule has 5 nitrogen and oxygen atoms in total. The minimum absolute atomic E-state index is 0.103. The van der Waals surface area contributed by atoms with Gasteiger partial charge >= 0.3 is 6.18 Å². The summed E-state index contributed by atoms with van der Waals surface area (Å²) in [6.45, 7) is 2.38. The Morgan fingerprint density at radius 2 is 2.06 bits per heavy atom. The first-order valence-corrected chi connectivity index (χ1v) is 10.1. The van der Waals surface area contributed by atoms with Crippen molar-refractivity contribution in [1.82, 2.24) is 15.1 Å². The van der Waals surface area contributed by atoms with Gasteiger partial charge in [0, 0.05) is 30.3 Å². The number of alkyl halides is 3. The molecule has 164 valence electrons. The molecule has 0 radical (unpaired) electrons. The molecule has 1 aliphatic heterocycles. The van der Waals surface area contributed by atoms with Crippen LogP contribution in [0.5, 0.6) is 11.5 Å². The van der Waals surface area contributed by atoms with Gasteiger partial charge in [-0.25, -0.2) is 0 Å². The second-order valence-corrected chi connectivity index (χ2v) is 7.86. The third-order valence-corrected chi connectivity index (χ3v) is 5.73. The summed E-state index contributed by atoms with van der Waals surface area (Å²) in [6, 6.07) is 10.7. The van der Waals surface area contributed by atoms with Crippen LogP contribution in [0, 0.1) is 0 Å². The van der Waals surface area contributed by atoms with Crippen LogP contribution in [0.2, 0.25) is 0 Å². The number of benzene rings is 2. The first-order valence-electron chi connectivity index (χ1n) is 10.1. The molecular weight excluding hydrogens is 407 g/mol. The number of hydrogen-bond acceptors (Lipinski definition) is 4. The van der Waals surface area contributed by atoms with E-state index in [9.17, 15) is 18.3 Å². The summed E-state index contributed by atoms with van der Waals surface area (Å²) in [5, 5.41) is 17.0. The van der Waals surface area contributed by atoms with Crippen molar-refractivity contribution in [3.63, 3.8) is 0 Å². The summed E-state index contributed by atoms with van der Waals surface area (Å²) in [7, 11) is 1.52. The van der Waals surface area contributed by atoms with E-state index in [0.717, 1.165) is 43.3 Å². The normalized spacial score (nSPS) is 17.6. The van der Waals surface area contributed by atoms with Gasteiger partial charge in [-0.15, -0.1) is 0 Å². The van der Waals surface area contributed by atoms with Crippen molar-refractivity contribution in [3.05, 3.63) is 65.5 Å². The van der Waals surface area contributed by atoms with E-state index in [1.165, 1.54) is 19.2 Å². The molecule has 0 aliphatic carbocycles. The maximum Gasteiger partial charge on any atom is 0.416 e. The van der Waals surface area contributed by atoms with Gasteiger partial charge in [0.2, 0.25) is 0 Å². The fourth-order valence-corrected chi connectivity index (χ4v) is 4.21. The summed E-state index contributed by atoms with van der Waals surface area (Å²) >= 11 is 0. The first kappa shape index (κ1) is 21.2. The summed E-state index contributed by atoms with van der Waals surface area (Å²) in [5.74, 6) is 0.678. The van der Waals surface area contributed by atoms with E-state index in [0.29, 0.717) is 23.4 Å². The minimum atomic E-state index is -4.38. The highest BCUT2D eigenvalue weighted by atomic mass is 19.4. The van der Waals surface area contributed by atoms with Crippen molar-refractivity contribution >= 4 is 0 Å². The van der Waals surface area contributed by atoms with Crippen LogP contribution < -0.4 is 4.74 Å².